The minimum Gasteiger partial charge on any atom is -0.495 e. The van der Waals surface area contributed by atoms with Crippen LogP contribution in [-0.2, 0) is 0 Å². The molecule has 0 atom stereocenters. The van der Waals surface area contributed by atoms with Crippen LogP contribution in [0.5, 0.6) is 5.75 Å². The van der Waals surface area contributed by atoms with Crippen LogP contribution in [0.3, 0.4) is 0 Å². The highest BCUT2D eigenvalue weighted by Gasteiger charge is 2.14. The highest BCUT2D eigenvalue weighted by molar-refractivity contribution is 6.32. The number of nitrogens with zero attached hydrogens (tertiary/aromatic N) is 4. The molecule has 0 fully saturated rings. The fourth-order valence-corrected chi connectivity index (χ4v) is 4.02. The molecule has 0 saturated heterocycles. The molecule has 0 bridgehead atoms. The molecular formula is C33H44ClN9O2. The van der Waals surface area contributed by atoms with Crippen molar-refractivity contribution < 1.29 is 9.53 Å². The van der Waals surface area contributed by atoms with E-state index >= 15 is 0 Å². The largest absolute Gasteiger partial charge is 0.495 e. The van der Waals surface area contributed by atoms with Gasteiger partial charge in [0.15, 0.2) is 0 Å². The van der Waals surface area contributed by atoms with E-state index in [2.05, 4.69) is 88.1 Å². The maximum Gasteiger partial charge on any atom is 0.251 e. The zero-order chi connectivity index (χ0) is 33.4. The fourth-order valence-electron chi connectivity index (χ4n) is 3.82. The van der Waals surface area contributed by atoms with Crippen molar-refractivity contribution in [3.05, 3.63) is 76.6 Å². The number of methoxy groups -OCH3 is 1. The number of amides is 1. The molecule has 45 heavy (non-hydrogen) atoms. The topological polar surface area (TPSA) is 138 Å². The summed E-state index contributed by atoms with van der Waals surface area (Å²) >= 11 is 6.04. The van der Waals surface area contributed by atoms with E-state index in [4.69, 9.17) is 16.3 Å². The lowest BCUT2D eigenvalue weighted by Gasteiger charge is -2.21. The first kappa shape index (κ1) is 34.8. The molecule has 0 aliphatic rings. The van der Waals surface area contributed by atoms with E-state index in [9.17, 15) is 4.79 Å². The molecule has 11 nitrogen and oxygen atoms in total. The van der Waals surface area contributed by atoms with Gasteiger partial charge in [0.2, 0.25) is 11.9 Å². The van der Waals surface area contributed by atoms with Gasteiger partial charge in [0.25, 0.3) is 5.91 Å². The number of ether oxygens (including phenoxy) is 1. The molecule has 12 heteroatoms. The number of benzene rings is 2. The Balaban J connectivity index is 0.000000246. The summed E-state index contributed by atoms with van der Waals surface area (Å²) in [5, 5.41) is 16.2. The lowest BCUT2D eigenvalue weighted by atomic mass is 10.1. The van der Waals surface area contributed by atoms with Gasteiger partial charge >= 0.3 is 0 Å². The first-order valence-corrected chi connectivity index (χ1v) is 14.9. The van der Waals surface area contributed by atoms with Gasteiger partial charge in [-0.3, -0.25) is 4.79 Å². The number of halogens is 1. The molecule has 5 N–H and O–H groups in total. The van der Waals surface area contributed by atoms with E-state index in [0.717, 1.165) is 28.3 Å². The maximum atomic E-state index is 11.7. The Kier molecular flexibility index (Phi) is 11.5. The van der Waals surface area contributed by atoms with Crippen molar-refractivity contribution in [3.8, 4) is 5.75 Å². The van der Waals surface area contributed by atoms with Crippen LogP contribution >= 0.6 is 11.6 Å². The Labute approximate surface area is 271 Å². The summed E-state index contributed by atoms with van der Waals surface area (Å²) in [6.45, 7) is 16.2. The predicted octanol–water partition coefficient (Wildman–Crippen LogP) is 7.50. The second-order valence-corrected chi connectivity index (χ2v) is 12.9. The molecule has 0 radical (unpaired) electrons. The van der Waals surface area contributed by atoms with Crippen molar-refractivity contribution in [3.63, 3.8) is 0 Å². The number of aryl methyl sites for hydroxylation is 2. The monoisotopic (exact) mass is 633 g/mol. The summed E-state index contributed by atoms with van der Waals surface area (Å²) in [6.07, 6.45) is 3.56. The Morgan fingerprint density at radius 3 is 1.76 bits per heavy atom. The SMILES string of the molecule is CNC(=O)c1cccc(Nc2nc(NC(C)(C)C)ncc2C)c1.COc1cc(Nc2nc(NC(C)(C)C)ncc2C)ccc1Cl. The quantitative estimate of drug-likeness (QED) is 0.133. The Bertz CT molecular complexity index is 1620. The van der Waals surface area contributed by atoms with Gasteiger partial charge in [-0.2, -0.15) is 9.97 Å². The normalized spacial score (nSPS) is 11.1. The van der Waals surface area contributed by atoms with Crippen LogP contribution < -0.4 is 31.3 Å². The van der Waals surface area contributed by atoms with E-state index < -0.39 is 0 Å². The summed E-state index contributed by atoms with van der Waals surface area (Å²) in [4.78, 5) is 29.4. The third-order valence-corrected chi connectivity index (χ3v) is 6.26. The third-order valence-electron chi connectivity index (χ3n) is 5.95. The zero-order valence-electron chi connectivity index (χ0n) is 27.7. The molecule has 240 valence electrons. The van der Waals surface area contributed by atoms with Gasteiger partial charge in [-0.15, -0.1) is 0 Å². The number of nitrogens with one attached hydrogen (secondary N) is 5. The van der Waals surface area contributed by atoms with E-state index in [1.807, 2.05) is 38.1 Å². The third kappa shape index (κ3) is 11.1. The van der Waals surface area contributed by atoms with Crippen molar-refractivity contribution in [1.29, 1.82) is 0 Å². The number of anilines is 6. The number of aromatic nitrogens is 4. The first-order chi connectivity index (χ1) is 21.1. The van der Waals surface area contributed by atoms with Crippen molar-refractivity contribution in [2.45, 2.75) is 66.5 Å². The molecule has 2 aromatic carbocycles. The molecule has 0 aliphatic heterocycles. The van der Waals surface area contributed by atoms with Gasteiger partial charge in [-0.25, -0.2) is 9.97 Å². The molecule has 0 aliphatic carbocycles. The second-order valence-electron chi connectivity index (χ2n) is 12.5. The molecule has 0 spiro atoms. The van der Waals surface area contributed by atoms with E-state index in [1.54, 1.807) is 44.8 Å². The van der Waals surface area contributed by atoms with Gasteiger partial charge < -0.3 is 31.3 Å². The standard InChI is InChI=1S/C17H23N5O.C16H21ClN4O/c1-11-10-19-16(22-17(2,3)4)21-14(11)20-13-8-6-7-12(9-13)15(23)18-5;1-10-9-18-15(21-16(2,3)4)20-14(10)19-11-6-7-12(17)13(8-11)22-5/h6-10H,1-5H3,(H,18,23)(H2,19,20,21,22);6-9H,1-5H3,(H2,18,19,20,21). The number of carbonyl (C=O) groups is 1. The van der Waals surface area contributed by atoms with E-state index in [-0.39, 0.29) is 17.0 Å². The van der Waals surface area contributed by atoms with Crippen molar-refractivity contribution in [1.82, 2.24) is 25.3 Å². The van der Waals surface area contributed by atoms with Gasteiger partial charge in [-0.1, -0.05) is 17.7 Å². The average Bonchev–Trinajstić information content (AvgIpc) is 2.96. The van der Waals surface area contributed by atoms with Crippen molar-refractivity contribution >= 4 is 52.4 Å². The lowest BCUT2D eigenvalue weighted by molar-refractivity contribution is 0.0963. The molecule has 0 unspecified atom stereocenters. The molecular weight excluding hydrogens is 590 g/mol. The van der Waals surface area contributed by atoms with Gasteiger partial charge in [-0.05, 0) is 85.7 Å². The molecule has 2 heterocycles. The van der Waals surface area contributed by atoms with Crippen LogP contribution in [0.1, 0.15) is 63.0 Å². The Morgan fingerprint density at radius 1 is 0.778 bits per heavy atom. The van der Waals surface area contributed by atoms with E-state index in [0.29, 0.717) is 34.1 Å². The number of rotatable bonds is 8. The van der Waals surface area contributed by atoms with Crippen LogP contribution in [0.25, 0.3) is 0 Å². The summed E-state index contributed by atoms with van der Waals surface area (Å²) in [7, 11) is 3.20. The fraction of sp³-hybridized carbons (Fsp3) is 0.364. The highest BCUT2D eigenvalue weighted by atomic mass is 35.5. The number of hydrogen-bond donors (Lipinski definition) is 5. The van der Waals surface area contributed by atoms with Crippen molar-refractivity contribution in [2.24, 2.45) is 0 Å². The minimum absolute atomic E-state index is 0.101. The van der Waals surface area contributed by atoms with Gasteiger partial charge in [0.1, 0.15) is 17.4 Å². The van der Waals surface area contributed by atoms with Crippen molar-refractivity contribution in [2.75, 3.05) is 35.4 Å². The maximum absolute atomic E-state index is 11.7. The molecule has 2 aromatic heterocycles. The van der Waals surface area contributed by atoms with Crippen LogP contribution in [0.2, 0.25) is 5.02 Å². The van der Waals surface area contributed by atoms with Crippen LogP contribution in [0.4, 0.5) is 34.9 Å². The number of hydrogen-bond acceptors (Lipinski definition) is 10. The van der Waals surface area contributed by atoms with E-state index in [1.165, 1.54) is 0 Å². The van der Waals surface area contributed by atoms with Crippen LogP contribution in [0.15, 0.2) is 54.9 Å². The predicted molar refractivity (Wildman–Crippen MR) is 185 cm³/mol. The van der Waals surface area contributed by atoms with Gasteiger partial charge in [0.05, 0.1) is 12.1 Å². The smallest absolute Gasteiger partial charge is 0.251 e. The first-order valence-electron chi connectivity index (χ1n) is 14.5. The molecule has 4 rings (SSSR count). The van der Waals surface area contributed by atoms with Crippen LogP contribution in [-0.4, -0.2) is 51.1 Å². The summed E-state index contributed by atoms with van der Waals surface area (Å²) < 4.78 is 5.23. The Hall–Kier alpha value is -4.64. The second kappa shape index (κ2) is 14.9. The zero-order valence-corrected chi connectivity index (χ0v) is 28.4. The lowest BCUT2D eigenvalue weighted by Crippen LogP contribution is -2.27. The minimum atomic E-state index is -0.122. The van der Waals surface area contributed by atoms with Crippen LogP contribution in [0, 0.1) is 13.8 Å². The summed E-state index contributed by atoms with van der Waals surface area (Å²) in [5.74, 6) is 3.09. The van der Waals surface area contributed by atoms with Gasteiger partial charge in [0, 0.05) is 64.7 Å². The molecule has 1 amide bonds. The Morgan fingerprint density at radius 2 is 1.29 bits per heavy atom. The summed E-state index contributed by atoms with van der Waals surface area (Å²) in [6, 6.07) is 12.8. The number of carbonyl (C=O) groups excluding carboxylic acids is 1. The summed E-state index contributed by atoms with van der Waals surface area (Å²) in [5.41, 5.74) is 3.90. The molecule has 4 aromatic rings. The average molecular weight is 634 g/mol. The highest BCUT2D eigenvalue weighted by Crippen LogP contribution is 2.29. The molecule has 0 saturated carbocycles.